The molecule has 0 amide bonds. The monoisotopic (exact) mass is 372 g/mol. The number of hydrogen-bond donors (Lipinski definition) is 0. The molecule has 0 nitrogen and oxygen atoms in total. The van der Waals surface area contributed by atoms with Crippen molar-refractivity contribution in [1.29, 1.82) is 0 Å². The molecule has 0 aromatic rings. The minimum atomic E-state index is -7.87. The summed E-state index contributed by atoms with van der Waals surface area (Å²) in [6.07, 6.45) is -8.31. The highest BCUT2D eigenvalue weighted by molar-refractivity contribution is 5.16. The Morgan fingerprint density at radius 1 is 0.522 bits per heavy atom. The maximum atomic E-state index is 13.0. The van der Waals surface area contributed by atoms with Crippen LogP contribution in [0.4, 0.5) is 57.1 Å². The summed E-state index contributed by atoms with van der Waals surface area (Å²) in [6, 6.07) is 0. The van der Waals surface area contributed by atoms with Crippen molar-refractivity contribution < 1.29 is 57.1 Å². The second kappa shape index (κ2) is 5.58. The first-order chi connectivity index (χ1) is 9.81. The van der Waals surface area contributed by atoms with Crippen molar-refractivity contribution >= 4 is 0 Å². The Bertz CT molecular complexity index is 468. The van der Waals surface area contributed by atoms with E-state index in [1.807, 2.05) is 0 Å². The van der Waals surface area contributed by atoms with E-state index in [-0.39, 0.29) is 6.08 Å². The van der Waals surface area contributed by atoms with Crippen molar-refractivity contribution in [2.75, 3.05) is 0 Å². The van der Waals surface area contributed by atoms with Gasteiger partial charge in [-0.15, -0.1) is 0 Å². The number of halogens is 13. The van der Waals surface area contributed by atoms with Gasteiger partial charge in [-0.05, 0) is 6.08 Å². The van der Waals surface area contributed by atoms with E-state index in [0.29, 0.717) is 6.08 Å². The van der Waals surface area contributed by atoms with Gasteiger partial charge < -0.3 is 0 Å². The van der Waals surface area contributed by atoms with Crippen LogP contribution in [0.1, 0.15) is 0 Å². The summed E-state index contributed by atoms with van der Waals surface area (Å²) in [6.45, 7) is 2.66. The molecule has 13 heteroatoms. The lowest BCUT2D eigenvalue weighted by atomic mass is 9.94. The number of alkyl halides is 13. The number of hydrogen-bond acceptors (Lipinski definition) is 0. The molecule has 0 aliphatic rings. The van der Waals surface area contributed by atoms with Gasteiger partial charge in [0.2, 0.25) is 0 Å². The zero-order valence-electron chi connectivity index (χ0n) is 10.4. The topological polar surface area (TPSA) is 0 Å². The predicted octanol–water partition coefficient (Wildman–Crippen LogP) is 5.47. The summed E-state index contributed by atoms with van der Waals surface area (Å²) in [4.78, 5) is 0. The summed E-state index contributed by atoms with van der Waals surface area (Å²) >= 11 is 0. The van der Waals surface area contributed by atoms with E-state index < -0.39 is 41.9 Å². The third-order valence-electron chi connectivity index (χ3n) is 2.40. The van der Waals surface area contributed by atoms with Gasteiger partial charge in [0, 0.05) is 0 Å². The molecule has 0 aromatic carbocycles. The van der Waals surface area contributed by atoms with Crippen LogP contribution in [0.5, 0.6) is 0 Å². The maximum Gasteiger partial charge on any atom is 0.460 e. The number of allylic oxidation sites excluding steroid dienone is 3. The highest BCUT2D eigenvalue weighted by Crippen LogP contribution is 2.60. The van der Waals surface area contributed by atoms with Crippen LogP contribution in [-0.4, -0.2) is 35.8 Å². The molecule has 0 N–H and O–H groups in total. The Labute approximate surface area is 119 Å². The lowest BCUT2D eigenvalue weighted by Gasteiger charge is -2.39. The molecule has 0 unspecified atom stereocenters. The molecular weight excluding hydrogens is 367 g/mol. The molecule has 23 heavy (non-hydrogen) atoms. The minimum Gasteiger partial charge on any atom is -0.195 e. The van der Waals surface area contributed by atoms with Gasteiger partial charge >= 0.3 is 35.8 Å². The molecule has 0 aliphatic heterocycles. The molecule has 0 heterocycles. The molecule has 0 spiro atoms. The average Bonchev–Trinajstić information content (AvgIpc) is 2.34. The Morgan fingerprint density at radius 2 is 0.870 bits per heavy atom. The van der Waals surface area contributed by atoms with Crippen LogP contribution < -0.4 is 0 Å². The van der Waals surface area contributed by atoms with Crippen LogP contribution in [0.25, 0.3) is 0 Å². The first kappa shape index (κ1) is 21.6. The third kappa shape index (κ3) is 3.01. The average molecular weight is 372 g/mol. The van der Waals surface area contributed by atoms with E-state index in [2.05, 4.69) is 6.58 Å². The van der Waals surface area contributed by atoms with E-state index in [1.54, 1.807) is 0 Å². The molecule has 136 valence electrons. The molecular formula is C10H5F13. The SMILES string of the molecule is C=C/C=C/C(F)(F)C(F)(F)C(F)(F)C(F)(F)C(F)(F)C(F)(F)F. The quantitative estimate of drug-likeness (QED) is 0.429. The Kier molecular flexibility index (Phi) is 5.23. The lowest BCUT2D eigenvalue weighted by Crippen LogP contribution is -2.69. The van der Waals surface area contributed by atoms with Gasteiger partial charge in [-0.2, -0.15) is 57.1 Å². The lowest BCUT2D eigenvalue weighted by molar-refractivity contribution is -0.436. The normalized spacial score (nSPS) is 16.0. The predicted molar refractivity (Wildman–Crippen MR) is 50.1 cm³/mol. The van der Waals surface area contributed by atoms with Crippen LogP contribution in [0.15, 0.2) is 24.8 Å². The second-order valence-electron chi connectivity index (χ2n) is 4.01. The van der Waals surface area contributed by atoms with Crippen LogP contribution in [0.3, 0.4) is 0 Å². The summed E-state index contributed by atoms with van der Waals surface area (Å²) in [7, 11) is 0. The molecule has 0 saturated carbocycles. The molecule has 0 bridgehead atoms. The van der Waals surface area contributed by atoms with Crippen LogP contribution in [0, 0.1) is 0 Å². The highest BCUT2D eigenvalue weighted by Gasteiger charge is 2.90. The van der Waals surface area contributed by atoms with Crippen LogP contribution >= 0.6 is 0 Å². The summed E-state index contributed by atoms with van der Waals surface area (Å²) in [5, 5.41) is 0. The van der Waals surface area contributed by atoms with Crippen molar-refractivity contribution in [2.24, 2.45) is 0 Å². The first-order valence-corrected chi connectivity index (χ1v) is 5.07. The smallest absolute Gasteiger partial charge is 0.195 e. The third-order valence-corrected chi connectivity index (χ3v) is 2.40. The Morgan fingerprint density at radius 3 is 1.17 bits per heavy atom. The largest absolute Gasteiger partial charge is 0.460 e. The summed E-state index contributed by atoms with van der Waals surface area (Å²) < 4.78 is 163. The Balaban J connectivity index is 6.24. The molecule has 0 aliphatic carbocycles. The van der Waals surface area contributed by atoms with Crippen LogP contribution in [0.2, 0.25) is 0 Å². The van der Waals surface area contributed by atoms with E-state index >= 15 is 0 Å². The van der Waals surface area contributed by atoms with Gasteiger partial charge in [0.05, 0.1) is 0 Å². The van der Waals surface area contributed by atoms with Crippen molar-refractivity contribution in [3.05, 3.63) is 24.8 Å². The fraction of sp³-hybridized carbons (Fsp3) is 0.600. The van der Waals surface area contributed by atoms with Crippen molar-refractivity contribution in [2.45, 2.75) is 35.8 Å². The fourth-order valence-electron chi connectivity index (χ4n) is 1.08. The maximum absolute atomic E-state index is 13.0. The van der Waals surface area contributed by atoms with Crippen molar-refractivity contribution in [3.63, 3.8) is 0 Å². The molecule has 0 rings (SSSR count). The van der Waals surface area contributed by atoms with Gasteiger partial charge in [0.25, 0.3) is 0 Å². The summed E-state index contributed by atoms with van der Waals surface area (Å²) in [5.74, 6) is -36.8. The summed E-state index contributed by atoms with van der Waals surface area (Å²) in [5.41, 5.74) is 0. The van der Waals surface area contributed by atoms with E-state index in [1.165, 1.54) is 0 Å². The van der Waals surface area contributed by atoms with E-state index in [9.17, 15) is 57.1 Å². The van der Waals surface area contributed by atoms with Gasteiger partial charge in [-0.25, -0.2) is 0 Å². The molecule has 0 radical (unpaired) electrons. The molecule has 0 saturated heterocycles. The van der Waals surface area contributed by atoms with E-state index in [0.717, 1.165) is 0 Å². The standard InChI is InChI=1S/C10H5F13/c1-2-3-4-5(11,12)6(13,14)7(15,16)8(17,18)9(19,20)10(21,22)23/h2-4H,1H2/b4-3+. The molecule has 0 aromatic heterocycles. The molecule has 0 fully saturated rings. The number of rotatable bonds is 6. The molecule has 0 atom stereocenters. The first-order valence-electron chi connectivity index (χ1n) is 5.07. The second-order valence-corrected chi connectivity index (χ2v) is 4.01. The zero-order valence-corrected chi connectivity index (χ0v) is 10.4. The van der Waals surface area contributed by atoms with E-state index in [4.69, 9.17) is 0 Å². The zero-order chi connectivity index (χ0) is 19.1. The van der Waals surface area contributed by atoms with Gasteiger partial charge in [0.1, 0.15) is 0 Å². The highest BCUT2D eigenvalue weighted by atomic mass is 19.4. The van der Waals surface area contributed by atoms with Gasteiger partial charge in [-0.1, -0.05) is 18.7 Å². The van der Waals surface area contributed by atoms with Gasteiger partial charge in [0.15, 0.2) is 0 Å². The Hall–Kier alpha value is -1.43. The van der Waals surface area contributed by atoms with Crippen molar-refractivity contribution in [3.8, 4) is 0 Å². The van der Waals surface area contributed by atoms with Crippen LogP contribution in [-0.2, 0) is 0 Å². The minimum absolute atomic E-state index is 0.121. The fourth-order valence-corrected chi connectivity index (χ4v) is 1.08. The van der Waals surface area contributed by atoms with Gasteiger partial charge in [-0.3, -0.25) is 0 Å². The van der Waals surface area contributed by atoms with Crippen molar-refractivity contribution in [1.82, 2.24) is 0 Å².